The Kier molecular flexibility index (Phi) is 6.03. The zero-order valence-corrected chi connectivity index (χ0v) is 30.7. The lowest BCUT2D eigenvalue weighted by atomic mass is 9.80. The van der Waals surface area contributed by atoms with E-state index >= 15 is 0 Å². The molecular formula is C51H33NOS. The van der Waals surface area contributed by atoms with E-state index in [1.54, 1.807) is 0 Å². The number of hydrogen-bond donors (Lipinski definition) is 0. The van der Waals surface area contributed by atoms with Gasteiger partial charge in [-0.1, -0.05) is 105 Å². The van der Waals surface area contributed by atoms with E-state index in [0.717, 1.165) is 27.6 Å². The van der Waals surface area contributed by atoms with Crippen LogP contribution in [0.15, 0.2) is 168 Å². The Morgan fingerprint density at radius 2 is 1.06 bits per heavy atom. The molecule has 254 valence electrons. The molecule has 3 aromatic heterocycles. The number of hydrogen-bond acceptors (Lipinski definition) is 2. The zero-order valence-electron chi connectivity index (χ0n) is 29.9. The number of thiophene rings is 1. The monoisotopic (exact) mass is 707 g/mol. The zero-order chi connectivity index (χ0) is 35.7. The highest BCUT2D eigenvalue weighted by Crippen LogP contribution is 2.54. The molecule has 1 aliphatic rings. The first-order chi connectivity index (χ1) is 26.5. The van der Waals surface area contributed by atoms with Gasteiger partial charge in [0.2, 0.25) is 0 Å². The summed E-state index contributed by atoms with van der Waals surface area (Å²) in [7, 11) is 0. The van der Waals surface area contributed by atoms with Gasteiger partial charge in [0, 0.05) is 52.8 Å². The van der Waals surface area contributed by atoms with Gasteiger partial charge in [0.15, 0.2) is 0 Å². The van der Waals surface area contributed by atoms with Crippen molar-refractivity contribution in [3.63, 3.8) is 0 Å². The second kappa shape index (κ2) is 10.8. The van der Waals surface area contributed by atoms with Gasteiger partial charge in [-0.05, 0) is 117 Å². The first-order valence-corrected chi connectivity index (χ1v) is 19.5. The average molecular weight is 708 g/mol. The fourth-order valence-electron chi connectivity index (χ4n) is 9.44. The fraction of sp³-hybridized carbons (Fsp3) is 0.0588. The Morgan fingerprint density at radius 1 is 0.463 bits per heavy atom. The Morgan fingerprint density at radius 3 is 1.83 bits per heavy atom. The molecule has 0 saturated carbocycles. The molecule has 8 aromatic carbocycles. The average Bonchev–Trinajstić information content (AvgIpc) is 3.94. The van der Waals surface area contributed by atoms with Gasteiger partial charge in [0.1, 0.15) is 11.2 Å². The number of furan rings is 1. The molecule has 0 amide bonds. The summed E-state index contributed by atoms with van der Waals surface area (Å²) >= 11 is 1.90. The van der Waals surface area contributed by atoms with Gasteiger partial charge in [-0.2, -0.15) is 0 Å². The summed E-state index contributed by atoms with van der Waals surface area (Å²) in [5, 5.41) is 7.57. The third-order valence-corrected chi connectivity index (χ3v) is 13.1. The number of aromatic nitrogens is 1. The van der Waals surface area contributed by atoms with Crippen LogP contribution in [0, 0.1) is 0 Å². The van der Waals surface area contributed by atoms with E-state index in [0.29, 0.717) is 0 Å². The predicted molar refractivity (Wildman–Crippen MR) is 229 cm³/mol. The van der Waals surface area contributed by atoms with Gasteiger partial charge in [-0.25, -0.2) is 0 Å². The molecule has 0 spiro atoms. The summed E-state index contributed by atoms with van der Waals surface area (Å²) in [6, 6.07) is 60.3. The molecule has 0 unspecified atom stereocenters. The Balaban J connectivity index is 1.04. The lowest BCUT2D eigenvalue weighted by Gasteiger charge is -2.23. The molecule has 2 nitrogen and oxygen atoms in total. The minimum Gasteiger partial charge on any atom is -0.456 e. The van der Waals surface area contributed by atoms with Crippen LogP contribution in [-0.2, 0) is 5.41 Å². The van der Waals surface area contributed by atoms with Crippen molar-refractivity contribution in [1.29, 1.82) is 0 Å². The molecule has 3 heteroatoms. The van der Waals surface area contributed by atoms with E-state index in [9.17, 15) is 0 Å². The van der Waals surface area contributed by atoms with Crippen LogP contribution >= 0.6 is 11.3 Å². The Hall–Kier alpha value is -6.42. The molecule has 54 heavy (non-hydrogen) atoms. The minimum absolute atomic E-state index is 0.131. The largest absolute Gasteiger partial charge is 0.456 e. The van der Waals surface area contributed by atoms with Crippen LogP contribution in [0.5, 0.6) is 0 Å². The van der Waals surface area contributed by atoms with Gasteiger partial charge in [-0.15, -0.1) is 11.3 Å². The lowest BCUT2D eigenvalue weighted by molar-refractivity contribution is 0.667. The summed E-state index contributed by atoms with van der Waals surface area (Å²) in [6.45, 7) is 4.82. The van der Waals surface area contributed by atoms with Crippen LogP contribution in [0.3, 0.4) is 0 Å². The van der Waals surface area contributed by atoms with Crippen LogP contribution < -0.4 is 0 Å². The lowest BCUT2D eigenvalue weighted by Crippen LogP contribution is -2.15. The molecule has 1 aliphatic carbocycles. The van der Waals surface area contributed by atoms with E-state index in [2.05, 4.69) is 170 Å². The van der Waals surface area contributed by atoms with Crippen LogP contribution in [0.1, 0.15) is 25.0 Å². The summed E-state index contributed by atoms with van der Waals surface area (Å²) < 4.78 is 11.3. The highest BCUT2D eigenvalue weighted by atomic mass is 32.1. The van der Waals surface area contributed by atoms with Crippen molar-refractivity contribution in [3.8, 4) is 39.1 Å². The first kappa shape index (κ1) is 30.1. The summed E-state index contributed by atoms with van der Waals surface area (Å²) in [5.74, 6) is 0. The molecule has 3 heterocycles. The molecule has 11 aromatic rings. The first-order valence-electron chi connectivity index (χ1n) is 18.7. The molecular weight excluding hydrogens is 675 g/mol. The van der Waals surface area contributed by atoms with Gasteiger partial charge in [0.05, 0.1) is 11.0 Å². The standard InChI is InChI=1S/C51H33NOS/c1-51(2)42-29-33(16-20-35(42)37-21-25-48-49(50(37)51)38-13-7-9-15-47(38)54-48)31-18-23-44-40(27-31)39-26-30(17-22-43(39)52(44)34-10-4-3-5-11-34)32-19-24-46-41(28-32)36-12-6-8-14-45(36)53-46/h3-29H,1-2H3. The van der Waals surface area contributed by atoms with Crippen LogP contribution in [0.4, 0.5) is 0 Å². The molecule has 0 saturated heterocycles. The Bertz CT molecular complexity index is 3360. The van der Waals surface area contributed by atoms with Gasteiger partial charge in [-0.3, -0.25) is 0 Å². The van der Waals surface area contributed by atoms with Crippen molar-refractivity contribution in [2.75, 3.05) is 0 Å². The minimum atomic E-state index is -0.131. The quantitative estimate of drug-likeness (QED) is 0.179. The number of rotatable bonds is 3. The second-order valence-electron chi connectivity index (χ2n) is 15.3. The van der Waals surface area contributed by atoms with Gasteiger partial charge < -0.3 is 8.98 Å². The molecule has 0 atom stereocenters. The maximum Gasteiger partial charge on any atom is 0.135 e. The van der Waals surface area contributed by atoms with E-state index in [-0.39, 0.29) is 5.41 Å². The van der Waals surface area contributed by atoms with Crippen LogP contribution in [0.25, 0.3) is 103 Å². The summed E-state index contributed by atoms with van der Waals surface area (Å²) in [5.41, 5.74) is 15.7. The molecule has 0 fully saturated rings. The van der Waals surface area contributed by atoms with Crippen molar-refractivity contribution >= 4 is 75.3 Å². The smallest absolute Gasteiger partial charge is 0.135 e. The normalized spacial score (nSPS) is 13.5. The number of nitrogens with zero attached hydrogens (tertiary/aromatic N) is 1. The third-order valence-electron chi connectivity index (χ3n) is 12.0. The van der Waals surface area contributed by atoms with E-state index in [1.807, 2.05) is 23.5 Å². The molecule has 0 N–H and O–H groups in total. The molecule has 12 rings (SSSR count). The molecule has 0 bridgehead atoms. The maximum atomic E-state index is 6.17. The van der Waals surface area contributed by atoms with Crippen LogP contribution in [0.2, 0.25) is 0 Å². The molecule has 0 aliphatic heterocycles. The highest BCUT2D eigenvalue weighted by Gasteiger charge is 2.38. The van der Waals surface area contributed by atoms with Crippen molar-refractivity contribution in [1.82, 2.24) is 4.57 Å². The number of para-hydroxylation sites is 2. The maximum absolute atomic E-state index is 6.17. The van der Waals surface area contributed by atoms with Crippen LogP contribution in [-0.4, -0.2) is 4.57 Å². The van der Waals surface area contributed by atoms with Crippen molar-refractivity contribution in [2.24, 2.45) is 0 Å². The third kappa shape index (κ3) is 4.10. The summed E-state index contributed by atoms with van der Waals surface area (Å²) in [6.07, 6.45) is 0. The number of fused-ring (bicyclic) bond motifs is 13. The van der Waals surface area contributed by atoms with E-state index < -0.39 is 0 Å². The van der Waals surface area contributed by atoms with Crippen molar-refractivity contribution in [3.05, 3.63) is 175 Å². The second-order valence-corrected chi connectivity index (χ2v) is 16.4. The van der Waals surface area contributed by atoms with Gasteiger partial charge >= 0.3 is 0 Å². The van der Waals surface area contributed by atoms with Crippen molar-refractivity contribution < 1.29 is 4.42 Å². The highest BCUT2D eigenvalue weighted by molar-refractivity contribution is 7.25. The van der Waals surface area contributed by atoms with E-state index in [1.165, 1.54) is 86.5 Å². The topological polar surface area (TPSA) is 18.1 Å². The Labute approximate surface area is 316 Å². The fourth-order valence-corrected chi connectivity index (χ4v) is 10.6. The SMILES string of the molecule is CC1(C)c2cc(-c3ccc4c(c3)c3cc(-c5ccc6oc7ccccc7c6c5)ccc3n4-c3ccccc3)ccc2-c2ccc3sc4ccccc4c3c21. The summed E-state index contributed by atoms with van der Waals surface area (Å²) in [4.78, 5) is 0. The predicted octanol–water partition coefficient (Wildman–Crippen LogP) is 14.7. The molecule has 0 radical (unpaired) electrons. The van der Waals surface area contributed by atoms with Crippen molar-refractivity contribution in [2.45, 2.75) is 19.3 Å². The van der Waals surface area contributed by atoms with Gasteiger partial charge in [0.25, 0.3) is 0 Å². The van der Waals surface area contributed by atoms with E-state index in [4.69, 9.17) is 4.42 Å². The number of benzene rings is 8.